The van der Waals surface area contributed by atoms with Crippen molar-refractivity contribution in [3.05, 3.63) is 0 Å². The molecule has 0 radical (unpaired) electrons. The van der Waals surface area contributed by atoms with Crippen LogP contribution in [0.2, 0.25) is 0 Å². The van der Waals surface area contributed by atoms with Gasteiger partial charge in [-0.25, -0.2) is 0 Å². The minimum atomic E-state index is -1.47. The monoisotopic (exact) mass is 544 g/mol. The van der Waals surface area contributed by atoms with E-state index in [1.165, 1.54) is 4.90 Å². The fraction of sp³-hybridized carbons (Fsp3) is 0.682. The first-order chi connectivity index (χ1) is 17.8. The number of hydrogen-bond acceptors (Lipinski definition) is 9. The smallest absolute Gasteiger partial charge is 0.322 e. The molecule has 0 bridgehead atoms. The van der Waals surface area contributed by atoms with E-state index in [9.17, 15) is 38.7 Å². The molecule has 0 aromatic heterocycles. The number of carbonyl (C=O) groups excluding carboxylic acids is 5. The summed E-state index contributed by atoms with van der Waals surface area (Å²) < 4.78 is 0. The highest BCUT2D eigenvalue weighted by Crippen LogP contribution is 2.17. The van der Waals surface area contributed by atoms with Gasteiger partial charge in [0, 0.05) is 13.0 Å². The predicted molar refractivity (Wildman–Crippen MR) is 129 cm³/mol. The Morgan fingerprint density at radius 2 is 1.58 bits per heavy atom. The maximum Gasteiger partial charge on any atom is 0.322 e. The number of nitrogens with zero attached hydrogens (tertiary/aromatic N) is 1. The Morgan fingerprint density at radius 3 is 2.13 bits per heavy atom. The van der Waals surface area contributed by atoms with Crippen LogP contribution >= 0.6 is 0 Å². The zero-order valence-corrected chi connectivity index (χ0v) is 21.3. The van der Waals surface area contributed by atoms with E-state index in [-0.39, 0.29) is 19.4 Å². The molecule has 0 spiro atoms. The number of amides is 5. The minimum Gasteiger partial charge on any atom is -0.481 e. The second-order valence-corrected chi connectivity index (χ2v) is 9.09. The Hall–Kier alpha value is -3.79. The molecule has 1 saturated heterocycles. The molecule has 0 saturated carbocycles. The summed E-state index contributed by atoms with van der Waals surface area (Å²) in [5.74, 6) is -6.55. The number of aliphatic hydroxyl groups excluding tert-OH is 1. The van der Waals surface area contributed by atoms with Crippen molar-refractivity contribution in [3.8, 4) is 0 Å². The fourth-order valence-electron chi connectivity index (χ4n) is 3.67. The van der Waals surface area contributed by atoms with E-state index in [4.69, 9.17) is 15.9 Å². The van der Waals surface area contributed by atoms with Gasteiger partial charge in [0.1, 0.15) is 24.7 Å². The zero-order valence-electron chi connectivity index (χ0n) is 21.3. The number of rotatable bonds is 15. The Bertz CT molecular complexity index is 911. The third-order valence-electron chi connectivity index (χ3n) is 5.77. The third kappa shape index (κ3) is 10.3. The van der Waals surface area contributed by atoms with Crippen LogP contribution < -0.4 is 27.0 Å². The summed E-state index contributed by atoms with van der Waals surface area (Å²) >= 11 is 0. The van der Waals surface area contributed by atoms with Gasteiger partial charge in [-0.05, 0) is 25.2 Å². The van der Waals surface area contributed by atoms with Gasteiger partial charge in [0.2, 0.25) is 29.5 Å². The van der Waals surface area contributed by atoms with E-state index < -0.39 is 91.3 Å². The Morgan fingerprint density at radius 1 is 0.921 bits per heavy atom. The summed E-state index contributed by atoms with van der Waals surface area (Å²) in [5.41, 5.74) is 5.67. The molecule has 0 aliphatic carbocycles. The summed E-state index contributed by atoms with van der Waals surface area (Å²) in [6.45, 7) is 1.48. The number of nitrogens with two attached hydrogens (primary N) is 1. The molecular formula is C22H36N6O10. The second-order valence-electron chi connectivity index (χ2n) is 9.09. The van der Waals surface area contributed by atoms with Crippen molar-refractivity contribution in [2.24, 2.45) is 11.7 Å². The fourth-order valence-corrected chi connectivity index (χ4v) is 3.67. The van der Waals surface area contributed by atoms with Gasteiger partial charge in [0.15, 0.2) is 0 Å². The van der Waals surface area contributed by atoms with Gasteiger partial charge >= 0.3 is 11.9 Å². The number of aliphatic carboxylic acids is 2. The molecule has 0 unspecified atom stereocenters. The molecular weight excluding hydrogens is 508 g/mol. The molecule has 9 N–H and O–H groups in total. The van der Waals surface area contributed by atoms with Gasteiger partial charge < -0.3 is 47.2 Å². The highest BCUT2D eigenvalue weighted by Gasteiger charge is 2.35. The molecule has 1 fully saturated rings. The lowest BCUT2D eigenvalue weighted by atomic mass is 10.0. The summed E-state index contributed by atoms with van der Waals surface area (Å²) in [7, 11) is 0. The molecule has 1 aliphatic heterocycles. The van der Waals surface area contributed by atoms with E-state index >= 15 is 0 Å². The topological polar surface area (TPSA) is 258 Å². The largest absolute Gasteiger partial charge is 0.481 e. The second kappa shape index (κ2) is 15.5. The average molecular weight is 545 g/mol. The summed E-state index contributed by atoms with van der Waals surface area (Å²) in [4.78, 5) is 84.9. The first kappa shape index (κ1) is 32.2. The van der Waals surface area contributed by atoms with Crippen LogP contribution in [0.4, 0.5) is 0 Å². The Kier molecular flexibility index (Phi) is 13.1. The van der Waals surface area contributed by atoms with Gasteiger partial charge in [-0.2, -0.15) is 0 Å². The van der Waals surface area contributed by atoms with Crippen molar-refractivity contribution >= 4 is 41.5 Å². The van der Waals surface area contributed by atoms with E-state index in [1.807, 2.05) is 0 Å². The normalized spacial score (nSPS) is 17.2. The highest BCUT2D eigenvalue weighted by molar-refractivity contribution is 5.95. The number of nitrogens with one attached hydrogen (secondary N) is 4. The first-order valence-corrected chi connectivity index (χ1v) is 12.0. The molecule has 0 aromatic carbocycles. The number of carboxylic acid groups (broad SMARTS) is 2. The average Bonchev–Trinajstić information content (AvgIpc) is 3.35. The maximum absolute atomic E-state index is 12.7. The molecule has 38 heavy (non-hydrogen) atoms. The van der Waals surface area contributed by atoms with Crippen molar-refractivity contribution in [2.45, 2.75) is 63.7 Å². The van der Waals surface area contributed by atoms with Crippen LogP contribution in [-0.2, 0) is 33.6 Å². The van der Waals surface area contributed by atoms with Crippen molar-refractivity contribution in [3.63, 3.8) is 0 Å². The zero-order chi connectivity index (χ0) is 29.0. The van der Waals surface area contributed by atoms with Crippen molar-refractivity contribution in [1.82, 2.24) is 26.2 Å². The van der Waals surface area contributed by atoms with Crippen LogP contribution in [0.1, 0.15) is 39.5 Å². The number of carboxylic acids is 2. The van der Waals surface area contributed by atoms with Gasteiger partial charge in [-0.15, -0.1) is 0 Å². The van der Waals surface area contributed by atoms with Crippen molar-refractivity contribution in [1.29, 1.82) is 0 Å². The number of likely N-dealkylation sites (tertiary alicyclic amines) is 1. The van der Waals surface area contributed by atoms with Crippen LogP contribution in [0.25, 0.3) is 0 Å². The summed E-state index contributed by atoms with van der Waals surface area (Å²) in [5, 5.41) is 36.2. The van der Waals surface area contributed by atoms with Gasteiger partial charge in [0.25, 0.3) is 0 Å². The van der Waals surface area contributed by atoms with E-state index in [0.717, 1.165) is 0 Å². The summed E-state index contributed by atoms with van der Waals surface area (Å²) in [6, 6.07) is -4.69. The van der Waals surface area contributed by atoms with E-state index in [0.29, 0.717) is 12.8 Å². The summed E-state index contributed by atoms with van der Waals surface area (Å²) in [6.07, 6.45) is 0.331. The highest BCUT2D eigenvalue weighted by atomic mass is 16.4. The van der Waals surface area contributed by atoms with E-state index in [2.05, 4.69) is 21.3 Å². The van der Waals surface area contributed by atoms with Crippen LogP contribution in [-0.4, -0.2) is 112 Å². The Labute approximate surface area is 218 Å². The first-order valence-electron chi connectivity index (χ1n) is 12.0. The molecule has 0 aromatic rings. The molecule has 5 amide bonds. The molecule has 1 aliphatic rings. The predicted octanol–water partition coefficient (Wildman–Crippen LogP) is -3.90. The lowest BCUT2D eigenvalue weighted by Crippen LogP contribution is -2.58. The number of carbonyl (C=O) groups is 7. The van der Waals surface area contributed by atoms with Crippen molar-refractivity contribution < 1.29 is 48.9 Å². The van der Waals surface area contributed by atoms with Crippen LogP contribution in [0.3, 0.4) is 0 Å². The van der Waals surface area contributed by atoms with Gasteiger partial charge in [0.05, 0.1) is 19.2 Å². The van der Waals surface area contributed by atoms with Gasteiger partial charge in [-0.3, -0.25) is 33.6 Å². The van der Waals surface area contributed by atoms with E-state index in [1.54, 1.807) is 13.8 Å². The molecule has 16 heteroatoms. The number of hydrogen-bond donors (Lipinski definition) is 8. The standard InChI is InChI=1S/C22H36N6O10/c1-11(2)18(27-19(35)12(23)5-6-16(31)32)22(38)26-13(10-29)20(36)24-8-15(30)28-7-3-4-14(28)21(37)25-9-17(33)34/h11-14,18,29H,3-10,23H2,1-2H3,(H,24,36)(H,25,37)(H,26,38)(H,27,35)(H,31,32)(H,33,34)/t12-,13-,14-,18-/m0/s1. The SMILES string of the molecule is CC(C)[C@H](NC(=O)[C@@H](N)CCC(=O)O)C(=O)N[C@@H](CO)C(=O)NCC(=O)N1CCC[C@H]1C(=O)NCC(=O)O. The molecule has 16 nitrogen and oxygen atoms in total. The molecule has 214 valence electrons. The third-order valence-corrected chi connectivity index (χ3v) is 5.77. The number of aliphatic hydroxyl groups is 1. The lowest BCUT2D eigenvalue weighted by Gasteiger charge is -2.26. The minimum absolute atomic E-state index is 0.150. The van der Waals surface area contributed by atoms with Crippen LogP contribution in [0, 0.1) is 5.92 Å². The quantitative estimate of drug-likeness (QED) is 0.0988. The van der Waals surface area contributed by atoms with Crippen molar-refractivity contribution in [2.75, 3.05) is 26.2 Å². The maximum atomic E-state index is 12.7. The molecule has 1 rings (SSSR count). The molecule has 4 atom stereocenters. The lowest BCUT2D eigenvalue weighted by molar-refractivity contribution is -0.141. The van der Waals surface area contributed by atoms with Crippen LogP contribution in [0.5, 0.6) is 0 Å². The van der Waals surface area contributed by atoms with Gasteiger partial charge in [-0.1, -0.05) is 13.8 Å². The Balaban J connectivity index is 2.69. The van der Waals surface area contributed by atoms with Crippen LogP contribution in [0.15, 0.2) is 0 Å². The molecule has 1 heterocycles.